The van der Waals surface area contributed by atoms with Gasteiger partial charge < -0.3 is 9.88 Å². The number of aryl methyl sites for hydroxylation is 2. The van der Waals surface area contributed by atoms with E-state index in [4.69, 9.17) is 0 Å². The minimum Gasteiger partial charge on any atom is -0.322 e. The molecule has 0 unspecified atom stereocenters. The van der Waals surface area contributed by atoms with Gasteiger partial charge in [-0.2, -0.15) is 0 Å². The summed E-state index contributed by atoms with van der Waals surface area (Å²) in [6.45, 7) is 0.712. The molecule has 0 aliphatic carbocycles. The summed E-state index contributed by atoms with van der Waals surface area (Å²) in [6.07, 6.45) is 2.57. The number of aromatic nitrogens is 1. The van der Waals surface area contributed by atoms with Crippen LogP contribution in [0.2, 0.25) is 0 Å². The number of hydrogen-bond donors (Lipinski definition) is 1. The number of aromatic amines is 1. The van der Waals surface area contributed by atoms with Crippen LogP contribution in [0.4, 0.5) is 10.1 Å². The lowest BCUT2D eigenvalue weighted by Crippen LogP contribution is -2.35. The zero-order valence-corrected chi connectivity index (χ0v) is 14.3. The molecule has 5 heteroatoms. The summed E-state index contributed by atoms with van der Waals surface area (Å²) in [5, 5.41) is 0.761. The SMILES string of the molecule is O=C(CCc1cc2ccc(F)cc2[nH]c1=O)N1CCCc2ccccc21. The van der Waals surface area contributed by atoms with E-state index < -0.39 is 0 Å². The number of benzene rings is 2. The first-order valence-corrected chi connectivity index (χ1v) is 8.81. The number of anilines is 1. The maximum absolute atomic E-state index is 13.3. The van der Waals surface area contributed by atoms with Crippen molar-refractivity contribution in [1.82, 2.24) is 4.98 Å². The Labute approximate surface area is 150 Å². The maximum atomic E-state index is 13.3. The van der Waals surface area contributed by atoms with Crippen LogP contribution in [0, 0.1) is 5.82 Å². The number of fused-ring (bicyclic) bond motifs is 2. The molecule has 0 radical (unpaired) electrons. The van der Waals surface area contributed by atoms with Gasteiger partial charge in [0, 0.05) is 24.2 Å². The quantitative estimate of drug-likeness (QED) is 0.785. The molecule has 0 fully saturated rings. The first-order chi connectivity index (χ1) is 12.6. The van der Waals surface area contributed by atoms with Gasteiger partial charge in [-0.3, -0.25) is 9.59 Å². The van der Waals surface area contributed by atoms with Crippen LogP contribution in [0.25, 0.3) is 10.9 Å². The summed E-state index contributed by atoms with van der Waals surface area (Å²) in [7, 11) is 0. The summed E-state index contributed by atoms with van der Waals surface area (Å²) in [5.74, 6) is -0.365. The van der Waals surface area contributed by atoms with E-state index in [0.29, 0.717) is 24.0 Å². The average molecular weight is 350 g/mol. The summed E-state index contributed by atoms with van der Waals surface area (Å²) >= 11 is 0. The fraction of sp³-hybridized carbons (Fsp3) is 0.238. The molecular formula is C21H19FN2O2. The average Bonchev–Trinajstić information content (AvgIpc) is 2.65. The molecule has 4 rings (SSSR count). The predicted molar refractivity (Wildman–Crippen MR) is 100.0 cm³/mol. The van der Waals surface area contributed by atoms with E-state index in [9.17, 15) is 14.0 Å². The van der Waals surface area contributed by atoms with Crippen LogP contribution in [0.3, 0.4) is 0 Å². The van der Waals surface area contributed by atoms with Crippen molar-refractivity contribution in [3.05, 3.63) is 75.8 Å². The summed E-state index contributed by atoms with van der Waals surface area (Å²) < 4.78 is 13.3. The minimum absolute atomic E-state index is 0.0238. The van der Waals surface area contributed by atoms with Gasteiger partial charge in [0.25, 0.3) is 5.56 Å². The number of rotatable bonds is 3. The van der Waals surface area contributed by atoms with Crippen LogP contribution in [-0.4, -0.2) is 17.4 Å². The lowest BCUT2D eigenvalue weighted by atomic mass is 10.0. The van der Waals surface area contributed by atoms with Crippen molar-refractivity contribution in [2.45, 2.75) is 25.7 Å². The van der Waals surface area contributed by atoms with E-state index in [1.54, 1.807) is 12.1 Å². The molecule has 26 heavy (non-hydrogen) atoms. The Morgan fingerprint density at radius 3 is 2.88 bits per heavy atom. The highest BCUT2D eigenvalue weighted by molar-refractivity contribution is 5.94. The Hall–Kier alpha value is -2.95. The number of para-hydroxylation sites is 1. The smallest absolute Gasteiger partial charge is 0.251 e. The highest BCUT2D eigenvalue weighted by atomic mass is 19.1. The number of H-pyrrole nitrogens is 1. The minimum atomic E-state index is -0.389. The van der Waals surface area contributed by atoms with Gasteiger partial charge in [0.2, 0.25) is 5.91 Å². The molecule has 0 bridgehead atoms. The summed E-state index contributed by atoms with van der Waals surface area (Å²) in [5.41, 5.74) is 2.91. The Bertz CT molecular complexity index is 1040. The summed E-state index contributed by atoms with van der Waals surface area (Å²) in [4.78, 5) is 29.5. The molecular weight excluding hydrogens is 331 g/mol. The molecule has 4 nitrogen and oxygen atoms in total. The van der Waals surface area contributed by atoms with Crippen LogP contribution in [-0.2, 0) is 17.6 Å². The van der Waals surface area contributed by atoms with Gasteiger partial charge in [0.15, 0.2) is 0 Å². The number of halogens is 1. The zero-order valence-electron chi connectivity index (χ0n) is 14.3. The monoisotopic (exact) mass is 350 g/mol. The largest absolute Gasteiger partial charge is 0.322 e. The van der Waals surface area contributed by atoms with Gasteiger partial charge in [0.05, 0.1) is 5.52 Å². The van der Waals surface area contributed by atoms with E-state index in [2.05, 4.69) is 11.1 Å². The van der Waals surface area contributed by atoms with Crippen LogP contribution in [0.1, 0.15) is 24.0 Å². The lowest BCUT2D eigenvalue weighted by Gasteiger charge is -2.29. The van der Waals surface area contributed by atoms with Gasteiger partial charge >= 0.3 is 0 Å². The Balaban J connectivity index is 1.54. The molecule has 0 spiro atoms. The highest BCUT2D eigenvalue weighted by Crippen LogP contribution is 2.27. The number of pyridine rings is 1. The number of nitrogens with one attached hydrogen (secondary N) is 1. The van der Waals surface area contributed by atoms with Crippen molar-refractivity contribution in [2.75, 3.05) is 11.4 Å². The van der Waals surface area contributed by atoms with E-state index in [1.807, 2.05) is 23.1 Å². The molecule has 3 aromatic rings. The first kappa shape index (κ1) is 16.5. The van der Waals surface area contributed by atoms with Crippen molar-refractivity contribution in [3.8, 4) is 0 Å². The number of carbonyl (C=O) groups is 1. The second-order valence-corrected chi connectivity index (χ2v) is 6.63. The number of hydrogen-bond acceptors (Lipinski definition) is 2. The van der Waals surface area contributed by atoms with E-state index in [1.165, 1.54) is 17.7 Å². The third kappa shape index (κ3) is 3.12. The van der Waals surface area contributed by atoms with Crippen molar-refractivity contribution >= 4 is 22.5 Å². The van der Waals surface area contributed by atoms with Crippen LogP contribution < -0.4 is 10.5 Å². The standard InChI is InChI=1S/C21H19FN2O2/c22-17-9-7-15-12-16(21(26)23-18(15)13-17)8-10-20(25)24-11-3-5-14-4-1-2-6-19(14)24/h1-2,4,6-7,9,12-13H,3,5,8,10-11H2,(H,23,26). The molecule has 2 heterocycles. The van der Waals surface area contributed by atoms with Crippen LogP contribution >= 0.6 is 0 Å². The van der Waals surface area contributed by atoms with Crippen LogP contribution in [0.15, 0.2) is 53.3 Å². The highest BCUT2D eigenvalue weighted by Gasteiger charge is 2.22. The third-order valence-electron chi connectivity index (χ3n) is 4.90. The lowest BCUT2D eigenvalue weighted by molar-refractivity contribution is -0.118. The van der Waals surface area contributed by atoms with Crippen molar-refractivity contribution < 1.29 is 9.18 Å². The van der Waals surface area contributed by atoms with Crippen LogP contribution in [0.5, 0.6) is 0 Å². The van der Waals surface area contributed by atoms with Crippen molar-refractivity contribution in [1.29, 1.82) is 0 Å². The first-order valence-electron chi connectivity index (χ1n) is 8.81. The maximum Gasteiger partial charge on any atom is 0.251 e. The summed E-state index contributed by atoms with van der Waals surface area (Å²) in [6, 6.07) is 14.0. The molecule has 2 aromatic carbocycles. The molecule has 1 aliphatic heterocycles. The molecule has 1 amide bonds. The molecule has 1 aliphatic rings. The van der Waals surface area contributed by atoms with Gasteiger partial charge in [0.1, 0.15) is 5.82 Å². The molecule has 1 aromatic heterocycles. The zero-order chi connectivity index (χ0) is 18.1. The van der Waals surface area contributed by atoms with Crippen molar-refractivity contribution in [2.24, 2.45) is 0 Å². The second kappa shape index (κ2) is 6.75. The molecule has 0 atom stereocenters. The number of nitrogens with zero attached hydrogens (tertiary/aromatic N) is 1. The third-order valence-corrected chi connectivity index (χ3v) is 4.90. The van der Waals surface area contributed by atoms with E-state index >= 15 is 0 Å². The van der Waals surface area contributed by atoms with Gasteiger partial charge in [-0.15, -0.1) is 0 Å². The number of amides is 1. The molecule has 1 N–H and O–H groups in total. The van der Waals surface area contributed by atoms with Gasteiger partial charge in [-0.1, -0.05) is 18.2 Å². The second-order valence-electron chi connectivity index (χ2n) is 6.63. The van der Waals surface area contributed by atoms with Crippen molar-refractivity contribution in [3.63, 3.8) is 0 Å². The topological polar surface area (TPSA) is 53.2 Å². The predicted octanol–water partition coefficient (Wildman–Crippen LogP) is 3.58. The Morgan fingerprint density at radius 1 is 1.15 bits per heavy atom. The van der Waals surface area contributed by atoms with E-state index in [0.717, 1.165) is 23.9 Å². The molecule has 132 valence electrons. The normalized spacial score (nSPS) is 13.7. The fourth-order valence-corrected chi connectivity index (χ4v) is 3.57. The van der Waals surface area contributed by atoms with Gasteiger partial charge in [-0.05, 0) is 60.5 Å². The molecule has 0 saturated carbocycles. The van der Waals surface area contributed by atoms with E-state index in [-0.39, 0.29) is 23.7 Å². The fourth-order valence-electron chi connectivity index (χ4n) is 3.57. The van der Waals surface area contributed by atoms with Gasteiger partial charge in [-0.25, -0.2) is 4.39 Å². The molecule has 0 saturated heterocycles. The Morgan fingerprint density at radius 2 is 2.00 bits per heavy atom. The Kier molecular flexibility index (Phi) is 4.29. The number of carbonyl (C=O) groups excluding carboxylic acids is 1.